The predicted molar refractivity (Wildman–Crippen MR) is 141 cm³/mol. The Kier molecular flexibility index (Phi) is 7.43. The van der Waals surface area contributed by atoms with E-state index in [1.54, 1.807) is 31.5 Å². The van der Waals surface area contributed by atoms with Crippen molar-refractivity contribution < 1.29 is 14.3 Å². The van der Waals surface area contributed by atoms with E-state index in [1.165, 1.54) is 0 Å². The van der Waals surface area contributed by atoms with E-state index < -0.39 is 5.91 Å². The summed E-state index contributed by atoms with van der Waals surface area (Å²) in [5, 5.41) is 16.7. The highest BCUT2D eigenvalue weighted by molar-refractivity contribution is 6.05. The Bertz CT molecular complexity index is 1340. The highest BCUT2D eigenvalue weighted by Gasteiger charge is 2.24. The second-order valence-corrected chi connectivity index (χ2v) is 9.64. The summed E-state index contributed by atoms with van der Waals surface area (Å²) in [5.41, 5.74) is 11.0. The van der Waals surface area contributed by atoms with Gasteiger partial charge in [-0.2, -0.15) is 10.2 Å². The van der Waals surface area contributed by atoms with Gasteiger partial charge in [-0.3, -0.25) is 24.2 Å². The molecule has 38 heavy (non-hydrogen) atoms. The van der Waals surface area contributed by atoms with Crippen LogP contribution in [0, 0.1) is 12.5 Å². The van der Waals surface area contributed by atoms with E-state index in [2.05, 4.69) is 43.0 Å². The summed E-state index contributed by atoms with van der Waals surface area (Å²) in [5.74, 6) is -0.701. The topological polar surface area (TPSA) is 150 Å². The highest BCUT2D eigenvalue weighted by atomic mass is 16.5. The lowest BCUT2D eigenvalue weighted by Gasteiger charge is -2.26. The Hall–Kier alpha value is -4.16. The first-order valence-corrected chi connectivity index (χ1v) is 12.6. The number of likely N-dealkylation sites (tertiary alicyclic amines) is 1. The quantitative estimate of drug-likeness (QED) is 0.311. The number of allylic oxidation sites excluding steroid dienone is 3. The standard InChI is InChI=1S/C26H31N9O3/c1-16-4-3-8-34(16)13-24(36)30-19-10-23(17(2)28-12-19)31-26(37)25(32-27)22-6-5-18(11-29-22)21-7-9-35(33-21)20-14-38-15-20/h5-7,9-12,16,20,27,29H,3-4,8,13-15H2,1-2H3,(H,30,36)(H,31,37)/b25-22-,32-27?/t16-/m0/s1. The average Bonchev–Trinajstić information content (AvgIpc) is 3.50. The molecule has 1 atom stereocenters. The van der Waals surface area contributed by atoms with Gasteiger partial charge in [0, 0.05) is 24.0 Å². The number of amides is 2. The Morgan fingerprint density at radius 1 is 1.29 bits per heavy atom. The van der Waals surface area contributed by atoms with Crippen molar-refractivity contribution >= 4 is 28.8 Å². The molecule has 2 aromatic rings. The van der Waals surface area contributed by atoms with Gasteiger partial charge in [-0.15, -0.1) is 0 Å². The fourth-order valence-corrected chi connectivity index (χ4v) is 4.56. The number of aromatic nitrogens is 3. The van der Waals surface area contributed by atoms with Crippen LogP contribution >= 0.6 is 0 Å². The third-order valence-electron chi connectivity index (χ3n) is 6.95. The number of hydrogen-bond donors (Lipinski definition) is 4. The smallest absolute Gasteiger partial charge is 0.278 e. The van der Waals surface area contributed by atoms with Crippen LogP contribution in [0.15, 0.2) is 59.4 Å². The molecule has 5 heterocycles. The molecule has 2 aromatic heterocycles. The number of anilines is 2. The molecule has 3 aliphatic rings. The largest absolute Gasteiger partial charge is 0.377 e. The third-order valence-corrected chi connectivity index (χ3v) is 6.95. The molecule has 2 saturated heterocycles. The lowest BCUT2D eigenvalue weighted by Crippen LogP contribution is -2.35. The van der Waals surface area contributed by atoms with Crippen molar-refractivity contribution in [3.63, 3.8) is 0 Å². The number of hydrogen-bond acceptors (Lipinski definition) is 9. The Balaban J connectivity index is 1.24. The highest BCUT2D eigenvalue weighted by Crippen LogP contribution is 2.24. The number of nitrogens with one attached hydrogen (secondary N) is 4. The van der Waals surface area contributed by atoms with E-state index in [0.717, 1.165) is 30.7 Å². The van der Waals surface area contributed by atoms with E-state index in [4.69, 9.17) is 10.3 Å². The summed E-state index contributed by atoms with van der Waals surface area (Å²) in [6.45, 7) is 6.42. The maximum absolute atomic E-state index is 13.0. The molecule has 0 unspecified atom stereocenters. The minimum Gasteiger partial charge on any atom is -0.377 e. The van der Waals surface area contributed by atoms with Gasteiger partial charge in [0.15, 0.2) is 5.70 Å². The van der Waals surface area contributed by atoms with Gasteiger partial charge in [0.05, 0.1) is 60.5 Å². The second kappa shape index (κ2) is 11.1. The molecule has 0 aromatic carbocycles. The van der Waals surface area contributed by atoms with Crippen LogP contribution in [0.1, 0.15) is 37.2 Å². The molecule has 198 valence electrons. The summed E-state index contributed by atoms with van der Waals surface area (Å²) >= 11 is 0. The van der Waals surface area contributed by atoms with Crippen molar-refractivity contribution in [2.75, 3.05) is 36.9 Å². The molecular formula is C26H31N9O3. The molecule has 0 aliphatic carbocycles. The zero-order chi connectivity index (χ0) is 26.6. The number of pyridine rings is 1. The van der Waals surface area contributed by atoms with Crippen LogP contribution in [0.25, 0.3) is 5.57 Å². The second-order valence-electron chi connectivity index (χ2n) is 9.64. The van der Waals surface area contributed by atoms with Crippen molar-refractivity contribution in [1.82, 2.24) is 25.0 Å². The normalized spacial score (nSPS) is 20.8. The Labute approximate surface area is 220 Å². The maximum atomic E-state index is 13.0. The third kappa shape index (κ3) is 5.55. The first-order chi connectivity index (χ1) is 18.4. The number of carbonyl (C=O) groups excluding carboxylic acids is 2. The van der Waals surface area contributed by atoms with Crippen molar-refractivity contribution in [3.05, 3.63) is 65.7 Å². The summed E-state index contributed by atoms with van der Waals surface area (Å²) < 4.78 is 7.11. The predicted octanol–water partition coefficient (Wildman–Crippen LogP) is 2.96. The van der Waals surface area contributed by atoms with Crippen LogP contribution in [0.5, 0.6) is 0 Å². The van der Waals surface area contributed by atoms with Gasteiger partial charge in [0.25, 0.3) is 5.91 Å². The lowest BCUT2D eigenvalue weighted by molar-refractivity contribution is -0.117. The van der Waals surface area contributed by atoms with E-state index in [0.29, 0.717) is 48.6 Å². The maximum Gasteiger partial charge on any atom is 0.278 e. The van der Waals surface area contributed by atoms with Crippen LogP contribution in [-0.2, 0) is 14.3 Å². The van der Waals surface area contributed by atoms with Gasteiger partial charge in [-0.1, -0.05) is 0 Å². The minimum atomic E-state index is -0.572. The van der Waals surface area contributed by atoms with Gasteiger partial charge >= 0.3 is 0 Å². The molecule has 3 aliphatic heterocycles. The zero-order valence-corrected chi connectivity index (χ0v) is 21.4. The van der Waals surface area contributed by atoms with Crippen LogP contribution in [0.3, 0.4) is 0 Å². The number of rotatable bonds is 8. The van der Waals surface area contributed by atoms with Crippen LogP contribution in [-0.4, -0.2) is 63.8 Å². The molecule has 0 bridgehead atoms. The van der Waals surface area contributed by atoms with E-state index in [1.807, 2.05) is 23.0 Å². The van der Waals surface area contributed by atoms with Gasteiger partial charge in [-0.05, 0) is 57.5 Å². The zero-order valence-electron chi connectivity index (χ0n) is 21.4. The number of dihydropyridines is 1. The van der Waals surface area contributed by atoms with Crippen molar-refractivity contribution in [2.45, 2.75) is 38.8 Å². The minimum absolute atomic E-state index is 0.0921. The summed E-state index contributed by atoms with van der Waals surface area (Å²) in [6, 6.07) is 4.22. The van der Waals surface area contributed by atoms with Crippen molar-refractivity contribution in [3.8, 4) is 0 Å². The summed E-state index contributed by atoms with van der Waals surface area (Å²) in [6.07, 6.45) is 10.9. The van der Waals surface area contributed by atoms with Crippen molar-refractivity contribution in [2.24, 2.45) is 5.11 Å². The van der Waals surface area contributed by atoms with Gasteiger partial charge in [-0.25, -0.2) is 5.53 Å². The van der Waals surface area contributed by atoms with Crippen LogP contribution < -0.4 is 16.0 Å². The molecule has 12 heteroatoms. The van der Waals surface area contributed by atoms with Crippen LogP contribution in [0.2, 0.25) is 0 Å². The fraction of sp³-hybridized carbons (Fsp3) is 0.385. The molecule has 2 fully saturated rings. The van der Waals surface area contributed by atoms with E-state index in [-0.39, 0.29) is 17.6 Å². The first-order valence-electron chi connectivity index (χ1n) is 12.6. The molecule has 2 amide bonds. The molecule has 0 spiro atoms. The van der Waals surface area contributed by atoms with Crippen LogP contribution in [0.4, 0.5) is 11.4 Å². The van der Waals surface area contributed by atoms with Gasteiger partial charge in [0.1, 0.15) is 0 Å². The summed E-state index contributed by atoms with van der Waals surface area (Å²) in [7, 11) is 0. The van der Waals surface area contributed by atoms with E-state index >= 15 is 0 Å². The first kappa shape index (κ1) is 25.5. The lowest BCUT2D eigenvalue weighted by atomic mass is 10.1. The number of carbonyl (C=O) groups is 2. The molecule has 0 radical (unpaired) electrons. The van der Waals surface area contributed by atoms with E-state index in [9.17, 15) is 9.59 Å². The number of ether oxygens (including phenoxy) is 1. The number of aryl methyl sites for hydroxylation is 1. The average molecular weight is 518 g/mol. The molecule has 5 rings (SSSR count). The Morgan fingerprint density at radius 2 is 2.13 bits per heavy atom. The molecule has 12 nitrogen and oxygen atoms in total. The fourth-order valence-electron chi connectivity index (χ4n) is 4.56. The molecule has 4 N–H and O–H groups in total. The summed E-state index contributed by atoms with van der Waals surface area (Å²) in [4.78, 5) is 32.0. The molecular weight excluding hydrogens is 486 g/mol. The van der Waals surface area contributed by atoms with Gasteiger partial charge < -0.3 is 20.7 Å². The van der Waals surface area contributed by atoms with Crippen molar-refractivity contribution in [1.29, 1.82) is 5.53 Å². The molecule has 0 saturated carbocycles. The Morgan fingerprint density at radius 3 is 2.79 bits per heavy atom. The van der Waals surface area contributed by atoms with Gasteiger partial charge in [0.2, 0.25) is 5.91 Å². The SMILES string of the molecule is Cc1ncc(NC(=O)CN2CCC[C@@H]2C)cc1NC(=O)/C(N=N)=C1\C=CC(c2ccn(C3COC3)n2)=CN1. The monoisotopic (exact) mass is 517 g/mol. The number of nitrogens with zero attached hydrogens (tertiary/aromatic N) is 5.